The van der Waals surface area contributed by atoms with E-state index in [2.05, 4.69) is 0 Å². The average Bonchev–Trinajstić information content (AvgIpc) is 2.38. The maximum absolute atomic E-state index is 12.5. The van der Waals surface area contributed by atoms with E-state index in [0.717, 1.165) is 12.1 Å². The number of rotatable bonds is 3. The van der Waals surface area contributed by atoms with E-state index in [1.54, 1.807) is 18.2 Å². The molecule has 2 aromatic carbocycles. The summed E-state index contributed by atoms with van der Waals surface area (Å²) in [7, 11) is 0. The lowest BCUT2D eigenvalue weighted by atomic mass is 9.98. The quantitative estimate of drug-likeness (QED) is 0.815. The van der Waals surface area contributed by atoms with Gasteiger partial charge in [0.25, 0.3) is 0 Å². The number of alkyl halides is 3. The third-order valence-electron chi connectivity index (χ3n) is 3.11. The van der Waals surface area contributed by atoms with Gasteiger partial charge in [-0.25, -0.2) is 0 Å². The first-order valence-electron chi connectivity index (χ1n) is 6.14. The second kappa shape index (κ2) is 6.26. The molecule has 0 aliphatic heterocycles. The van der Waals surface area contributed by atoms with Crippen LogP contribution in [0.3, 0.4) is 0 Å². The molecule has 0 amide bonds. The molecule has 2 N–H and O–H groups in total. The van der Waals surface area contributed by atoms with E-state index >= 15 is 0 Å². The SMILES string of the molecule is NC(Cc1ccc(C(F)(F)F)cc1)c1c(Cl)cccc1Cl. The molecule has 6 heteroatoms. The second-order valence-electron chi connectivity index (χ2n) is 4.64. The monoisotopic (exact) mass is 333 g/mol. The molecular formula is C15H12Cl2F3N. The zero-order valence-electron chi connectivity index (χ0n) is 10.8. The summed E-state index contributed by atoms with van der Waals surface area (Å²) < 4.78 is 37.5. The van der Waals surface area contributed by atoms with Crippen molar-refractivity contribution in [1.29, 1.82) is 0 Å². The summed E-state index contributed by atoms with van der Waals surface area (Å²) in [6.45, 7) is 0. The molecule has 0 saturated carbocycles. The van der Waals surface area contributed by atoms with E-state index < -0.39 is 17.8 Å². The predicted octanol–water partition coefficient (Wildman–Crippen LogP) is 5.25. The van der Waals surface area contributed by atoms with Crippen LogP contribution in [-0.2, 0) is 12.6 Å². The highest BCUT2D eigenvalue weighted by atomic mass is 35.5. The first-order valence-corrected chi connectivity index (χ1v) is 6.90. The molecule has 2 aromatic rings. The summed E-state index contributed by atoms with van der Waals surface area (Å²) in [6.07, 6.45) is -3.99. The van der Waals surface area contributed by atoms with Gasteiger partial charge >= 0.3 is 6.18 Å². The predicted molar refractivity (Wildman–Crippen MR) is 78.5 cm³/mol. The fourth-order valence-electron chi connectivity index (χ4n) is 2.05. The van der Waals surface area contributed by atoms with Crippen LogP contribution >= 0.6 is 23.2 Å². The Morgan fingerprint density at radius 2 is 1.48 bits per heavy atom. The smallest absolute Gasteiger partial charge is 0.324 e. The maximum Gasteiger partial charge on any atom is 0.416 e. The van der Waals surface area contributed by atoms with Crippen molar-refractivity contribution in [3.05, 3.63) is 69.2 Å². The van der Waals surface area contributed by atoms with Crippen molar-refractivity contribution in [2.45, 2.75) is 18.6 Å². The average molecular weight is 334 g/mol. The van der Waals surface area contributed by atoms with Crippen LogP contribution < -0.4 is 5.73 Å². The second-order valence-corrected chi connectivity index (χ2v) is 5.46. The molecule has 0 radical (unpaired) electrons. The van der Waals surface area contributed by atoms with Gasteiger partial charge in [-0.2, -0.15) is 13.2 Å². The Hall–Kier alpha value is -1.23. The highest BCUT2D eigenvalue weighted by molar-refractivity contribution is 6.36. The number of halogens is 5. The number of benzene rings is 2. The fraction of sp³-hybridized carbons (Fsp3) is 0.200. The molecule has 0 aromatic heterocycles. The Morgan fingerprint density at radius 1 is 0.952 bits per heavy atom. The van der Waals surface area contributed by atoms with Crippen molar-refractivity contribution >= 4 is 23.2 Å². The molecule has 0 aliphatic rings. The van der Waals surface area contributed by atoms with Crippen molar-refractivity contribution in [1.82, 2.24) is 0 Å². The minimum absolute atomic E-state index is 0.349. The van der Waals surface area contributed by atoms with Crippen LogP contribution in [0.25, 0.3) is 0 Å². The summed E-state index contributed by atoms with van der Waals surface area (Å²) in [5.74, 6) is 0. The highest BCUT2D eigenvalue weighted by Crippen LogP contribution is 2.32. The van der Waals surface area contributed by atoms with Crippen LogP contribution in [0.15, 0.2) is 42.5 Å². The zero-order valence-corrected chi connectivity index (χ0v) is 12.3. The molecule has 21 heavy (non-hydrogen) atoms. The Morgan fingerprint density at radius 3 is 1.95 bits per heavy atom. The Kier molecular flexibility index (Phi) is 4.81. The summed E-state index contributed by atoms with van der Waals surface area (Å²) >= 11 is 12.1. The summed E-state index contributed by atoms with van der Waals surface area (Å²) in [4.78, 5) is 0. The van der Waals surface area contributed by atoms with Gasteiger partial charge in [-0.05, 0) is 36.2 Å². The summed E-state index contributed by atoms with van der Waals surface area (Å²) in [6, 6.07) is 9.47. The molecule has 2 rings (SSSR count). The van der Waals surface area contributed by atoms with Crippen LogP contribution in [-0.4, -0.2) is 0 Å². The van der Waals surface area contributed by atoms with Gasteiger partial charge in [-0.15, -0.1) is 0 Å². The van der Waals surface area contributed by atoms with Crippen LogP contribution in [0.2, 0.25) is 10.0 Å². The van der Waals surface area contributed by atoms with Gasteiger partial charge in [0.15, 0.2) is 0 Å². The first kappa shape index (κ1) is 16.1. The van der Waals surface area contributed by atoms with E-state index in [4.69, 9.17) is 28.9 Å². The lowest BCUT2D eigenvalue weighted by Gasteiger charge is -2.16. The molecule has 0 saturated heterocycles. The van der Waals surface area contributed by atoms with E-state index in [-0.39, 0.29) is 0 Å². The molecule has 0 spiro atoms. The van der Waals surface area contributed by atoms with Crippen LogP contribution in [0.1, 0.15) is 22.7 Å². The van der Waals surface area contributed by atoms with Crippen molar-refractivity contribution in [3.8, 4) is 0 Å². The minimum Gasteiger partial charge on any atom is -0.324 e. The van der Waals surface area contributed by atoms with Crippen molar-refractivity contribution in [2.75, 3.05) is 0 Å². The standard InChI is InChI=1S/C15H12Cl2F3N/c16-11-2-1-3-12(17)14(11)13(21)8-9-4-6-10(7-5-9)15(18,19)20/h1-7,13H,8,21H2. The number of hydrogen-bond donors (Lipinski definition) is 1. The normalized spacial score (nSPS) is 13.2. The van der Waals surface area contributed by atoms with Crippen molar-refractivity contribution in [3.63, 3.8) is 0 Å². The van der Waals surface area contributed by atoms with E-state index in [1.165, 1.54) is 12.1 Å². The van der Waals surface area contributed by atoms with Gasteiger partial charge in [0.1, 0.15) is 0 Å². The topological polar surface area (TPSA) is 26.0 Å². The van der Waals surface area contributed by atoms with Crippen LogP contribution in [0, 0.1) is 0 Å². The lowest BCUT2D eigenvalue weighted by molar-refractivity contribution is -0.137. The Bertz CT molecular complexity index is 604. The first-order chi connectivity index (χ1) is 9.79. The third-order valence-corrected chi connectivity index (χ3v) is 3.77. The van der Waals surface area contributed by atoms with Crippen LogP contribution in [0.4, 0.5) is 13.2 Å². The van der Waals surface area contributed by atoms with Crippen LogP contribution in [0.5, 0.6) is 0 Å². The molecule has 0 heterocycles. The largest absolute Gasteiger partial charge is 0.416 e. The molecule has 112 valence electrons. The van der Waals surface area contributed by atoms with Gasteiger partial charge in [0.05, 0.1) is 5.56 Å². The summed E-state index contributed by atoms with van der Waals surface area (Å²) in [5, 5.41) is 0.892. The maximum atomic E-state index is 12.5. The number of nitrogens with two attached hydrogens (primary N) is 1. The van der Waals surface area contributed by atoms with Gasteiger partial charge in [-0.3, -0.25) is 0 Å². The third kappa shape index (κ3) is 3.90. The molecule has 0 aliphatic carbocycles. The highest BCUT2D eigenvalue weighted by Gasteiger charge is 2.30. The van der Waals surface area contributed by atoms with E-state index in [1.807, 2.05) is 0 Å². The number of hydrogen-bond acceptors (Lipinski definition) is 1. The zero-order chi connectivity index (χ0) is 15.6. The molecule has 1 nitrogen and oxygen atoms in total. The van der Waals surface area contributed by atoms with Gasteiger partial charge in [0, 0.05) is 21.7 Å². The fourth-order valence-corrected chi connectivity index (χ4v) is 2.73. The molecule has 0 fully saturated rings. The van der Waals surface area contributed by atoms with Gasteiger partial charge < -0.3 is 5.73 Å². The summed E-state index contributed by atoms with van der Waals surface area (Å²) in [5.41, 5.74) is 6.66. The van der Waals surface area contributed by atoms with Crippen molar-refractivity contribution < 1.29 is 13.2 Å². The Balaban J connectivity index is 2.18. The van der Waals surface area contributed by atoms with E-state index in [9.17, 15) is 13.2 Å². The van der Waals surface area contributed by atoms with Gasteiger partial charge in [-0.1, -0.05) is 41.4 Å². The Labute approximate surface area is 130 Å². The molecule has 0 bridgehead atoms. The van der Waals surface area contributed by atoms with Gasteiger partial charge in [0.2, 0.25) is 0 Å². The lowest BCUT2D eigenvalue weighted by Crippen LogP contribution is -2.14. The molecule has 1 atom stereocenters. The minimum atomic E-state index is -4.34. The van der Waals surface area contributed by atoms with E-state index in [0.29, 0.717) is 27.6 Å². The molecular weight excluding hydrogens is 322 g/mol. The van der Waals surface area contributed by atoms with Crippen molar-refractivity contribution in [2.24, 2.45) is 5.73 Å². The molecule has 1 unspecified atom stereocenters.